The average molecular weight is 489 g/mol. The molecule has 0 amide bonds. The summed E-state index contributed by atoms with van der Waals surface area (Å²) in [5.74, 6) is -0.453. The smallest absolute Gasteiger partial charge is 0.377 e. The van der Waals surface area contributed by atoms with Crippen molar-refractivity contribution in [3.05, 3.63) is 86.8 Å². The van der Waals surface area contributed by atoms with Gasteiger partial charge in [-0.05, 0) is 47.9 Å². The number of hydrogen-bond acceptors (Lipinski definition) is 3. The molecule has 0 unspecified atom stereocenters. The normalized spacial score (nSPS) is 18.7. The Labute approximate surface area is 188 Å². The Hall–Kier alpha value is -3.15. The van der Waals surface area contributed by atoms with E-state index in [1.54, 1.807) is 0 Å². The third-order valence-electron chi connectivity index (χ3n) is 5.72. The van der Waals surface area contributed by atoms with Crippen LogP contribution in [0.1, 0.15) is 34.0 Å². The highest BCUT2D eigenvalue weighted by Gasteiger charge is 2.37. The molecule has 2 aromatic carbocycles. The number of rotatable bonds is 5. The molecular formula is C22H18F7N3O2. The van der Waals surface area contributed by atoms with Gasteiger partial charge in [0.2, 0.25) is 0 Å². The second-order valence-electron chi connectivity index (χ2n) is 7.99. The van der Waals surface area contributed by atoms with Gasteiger partial charge in [0.05, 0.1) is 23.8 Å². The Balaban J connectivity index is 1.55. The van der Waals surface area contributed by atoms with Crippen molar-refractivity contribution >= 4 is 0 Å². The van der Waals surface area contributed by atoms with Gasteiger partial charge in [-0.25, -0.2) is 14.3 Å². The summed E-state index contributed by atoms with van der Waals surface area (Å²) in [5.41, 5.74) is -2.71. The molecule has 1 aliphatic heterocycles. The monoisotopic (exact) mass is 489 g/mol. The van der Waals surface area contributed by atoms with Gasteiger partial charge in [0.15, 0.2) is 0 Å². The first-order valence-electron chi connectivity index (χ1n) is 10.2. The lowest BCUT2D eigenvalue weighted by molar-refractivity contribution is -0.143. The molecule has 0 saturated carbocycles. The van der Waals surface area contributed by atoms with Gasteiger partial charge in [-0.15, -0.1) is 0 Å². The Kier molecular flexibility index (Phi) is 6.28. The van der Waals surface area contributed by atoms with Crippen LogP contribution < -0.4 is 5.69 Å². The van der Waals surface area contributed by atoms with E-state index in [2.05, 4.69) is 10.2 Å². The minimum absolute atomic E-state index is 0.0763. The first-order chi connectivity index (χ1) is 15.9. The number of nitrogens with zero attached hydrogens (tertiary/aromatic N) is 2. The minimum Gasteiger partial charge on any atom is -0.377 e. The third-order valence-corrected chi connectivity index (χ3v) is 5.72. The lowest BCUT2D eigenvalue weighted by Gasteiger charge is -2.32. The highest BCUT2D eigenvalue weighted by molar-refractivity contribution is 5.34. The molecule has 2 heterocycles. The molecule has 1 N–H and O–H groups in total. The molecule has 2 atom stereocenters. The summed E-state index contributed by atoms with van der Waals surface area (Å²) in [4.78, 5) is 12.0. The minimum atomic E-state index is -4.93. The van der Waals surface area contributed by atoms with E-state index in [0.717, 1.165) is 0 Å². The maximum Gasteiger partial charge on any atom is 0.416 e. The van der Waals surface area contributed by atoms with Crippen LogP contribution in [-0.2, 0) is 36.5 Å². The lowest BCUT2D eigenvalue weighted by atomic mass is 9.88. The number of hydrogen-bond donors (Lipinski definition) is 1. The zero-order valence-electron chi connectivity index (χ0n) is 17.4. The van der Waals surface area contributed by atoms with Crippen LogP contribution in [0.3, 0.4) is 0 Å². The predicted molar refractivity (Wildman–Crippen MR) is 106 cm³/mol. The van der Waals surface area contributed by atoms with Gasteiger partial charge in [-0.3, -0.25) is 4.57 Å². The standard InChI is InChI=1S/C22H18F7N3O2/c23-16-3-1-13(2-4-16)17-11-32-19(30-31-20(32)33)10-18(17)34-6-5-12-7-14(21(24,25)26)9-15(8-12)22(27,28)29/h1-4,7-9,17-18H,5-6,10-11H2,(H,31,33)/t17-,18+/m1/s1. The Morgan fingerprint density at radius 2 is 1.62 bits per heavy atom. The van der Waals surface area contributed by atoms with Crippen molar-refractivity contribution in [2.75, 3.05) is 6.61 Å². The van der Waals surface area contributed by atoms with Gasteiger partial charge in [-0.1, -0.05) is 12.1 Å². The maximum absolute atomic E-state index is 13.4. The van der Waals surface area contributed by atoms with Crippen molar-refractivity contribution < 1.29 is 35.5 Å². The summed E-state index contributed by atoms with van der Waals surface area (Å²) in [6.45, 7) is -0.00162. The molecule has 0 saturated heterocycles. The van der Waals surface area contributed by atoms with Crippen LogP contribution in [0.25, 0.3) is 0 Å². The van der Waals surface area contributed by atoms with Crippen molar-refractivity contribution in [3.63, 3.8) is 0 Å². The highest BCUT2D eigenvalue weighted by atomic mass is 19.4. The van der Waals surface area contributed by atoms with Crippen LogP contribution >= 0.6 is 0 Å². The van der Waals surface area contributed by atoms with Crippen molar-refractivity contribution in [1.82, 2.24) is 14.8 Å². The first kappa shape index (κ1) is 24.0. The van der Waals surface area contributed by atoms with E-state index in [1.165, 1.54) is 28.8 Å². The molecule has 0 fully saturated rings. The SMILES string of the molecule is O=c1[nH]nc2n1C[C@H](c1ccc(F)cc1)[C@@H](OCCc1cc(C(F)(F)F)cc(C(F)(F)F)c1)C2. The second kappa shape index (κ2) is 8.90. The zero-order valence-corrected chi connectivity index (χ0v) is 17.4. The van der Waals surface area contributed by atoms with E-state index in [0.29, 0.717) is 23.5 Å². The molecule has 5 nitrogen and oxygen atoms in total. The number of fused-ring (bicyclic) bond motifs is 1. The molecule has 12 heteroatoms. The Morgan fingerprint density at radius 3 is 2.21 bits per heavy atom. The lowest BCUT2D eigenvalue weighted by Crippen LogP contribution is -2.38. The van der Waals surface area contributed by atoms with E-state index in [4.69, 9.17) is 4.74 Å². The van der Waals surface area contributed by atoms with Crippen LogP contribution in [0.5, 0.6) is 0 Å². The molecule has 0 bridgehead atoms. The number of nitrogens with one attached hydrogen (secondary N) is 1. The number of H-pyrrole nitrogens is 1. The van der Waals surface area contributed by atoms with Crippen molar-refractivity contribution in [2.45, 2.75) is 43.8 Å². The van der Waals surface area contributed by atoms with Crippen molar-refractivity contribution in [3.8, 4) is 0 Å². The quantitative estimate of drug-likeness (QED) is 0.528. The van der Waals surface area contributed by atoms with Gasteiger partial charge in [0, 0.05) is 18.9 Å². The largest absolute Gasteiger partial charge is 0.416 e. The third kappa shape index (κ3) is 5.16. The average Bonchev–Trinajstić information content (AvgIpc) is 3.12. The molecular weight excluding hydrogens is 471 g/mol. The zero-order chi connectivity index (χ0) is 24.7. The predicted octanol–water partition coefficient (Wildman–Crippen LogP) is 4.72. The summed E-state index contributed by atoms with van der Waals surface area (Å²) >= 11 is 0. The molecule has 3 aromatic rings. The van der Waals surface area contributed by atoms with Gasteiger partial charge in [0.1, 0.15) is 11.6 Å². The van der Waals surface area contributed by atoms with E-state index in [9.17, 15) is 35.5 Å². The maximum atomic E-state index is 13.4. The highest BCUT2D eigenvalue weighted by Crippen LogP contribution is 2.36. The van der Waals surface area contributed by atoms with Gasteiger partial charge in [-0.2, -0.15) is 31.4 Å². The molecule has 34 heavy (non-hydrogen) atoms. The van der Waals surface area contributed by atoms with E-state index in [-0.39, 0.29) is 37.6 Å². The second-order valence-corrected chi connectivity index (χ2v) is 7.99. The molecule has 1 aliphatic rings. The number of halogens is 7. The Bertz CT molecular complexity index is 1180. The molecule has 0 spiro atoms. The van der Waals surface area contributed by atoms with Crippen molar-refractivity contribution in [2.24, 2.45) is 0 Å². The first-order valence-corrected chi connectivity index (χ1v) is 10.2. The van der Waals surface area contributed by atoms with Crippen LogP contribution in [0.4, 0.5) is 30.7 Å². The summed E-state index contributed by atoms with van der Waals surface area (Å²) in [6, 6.07) is 6.99. The van der Waals surface area contributed by atoms with Gasteiger partial charge in [0.25, 0.3) is 0 Å². The number of alkyl halides is 6. The van der Waals surface area contributed by atoms with Crippen LogP contribution in [-0.4, -0.2) is 27.5 Å². The fourth-order valence-electron chi connectivity index (χ4n) is 4.03. The fourth-order valence-corrected chi connectivity index (χ4v) is 4.03. The van der Waals surface area contributed by atoms with E-state index in [1.807, 2.05) is 0 Å². The molecule has 0 radical (unpaired) electrons. The van der Waals surface area contributed by atoms with Gasteiger partial charge >= 0.3 is 18.0 Å². The fraction of sp³-hybridized carbons (Fsp3) is 0.364. The molecule has 182 valence electrons. The molecule has 0 aliphatic carbocycles. The van der Waals surface area contributed by atoms with Gasteiger partial charge < -0.3 is 4.74 Å². The summed E-state index contributed by atoms with van der Waals surface area (Å²) in [6.07, 6.45) is -10.5. The van der Waals surface area contributed by atoms with E-state index < -0.39 is 47.0 Å². The van der Waals surface area contributed by atoms with Crippen LogP contribution in [0.15, 0.2) is 47.3 Å². The Morgan fingerprint density at radius 1 is 1.00 bits per heavy atom. The van der Waals surface area contributed by atoms with E-state index >= 15 is 0 Å². The number of aromatic nitrogens is 3. The van der Waals surface area contributed by atoms with Crippen molar-refractivity contribution in [1.29, 1.82) is 0 Å². The molecule has 4 rings (SSSR count). The number of aromatic amines is 1. The summed E-state index contributed by atoms with van der Waals surface area (Å²) < 4.78 is 99.2. The number of benzene rings is 2. The van der Waals surface area contributed by atoms with Crippen LogP contribution in [0.2, 0.25) is 0 Å². The van der Waals surface area contributed by atoms with Crippen LogP contribution in [0, 0.1) is 5.82 Å². The summed E-state index contributed by atoms with van der Waals surface area (Å²) in [7, 11) is 0. The molecule has 1 aromatic heterocycles. The summed E-state index contributed by atoms with van der Waals surface area (Å²) in [5, 5.41) is 6.26. The topological polar surface area (TPSA) is 59.9 Å². The number of ether oxygens (including phenoxy) is 1.